The van der Waals surface area contributed by atoms with Crippen LogP contribution < -0.4 is 20.9 Å². The highest BCUT2D eigenvalue weighted by molar-refractivity contribution is 5.42. The molecule has 0 atom stereocenters. The Hall–Kier alpha value is -3.68. The number of hydrogen-bond donors (Lipinski definition) is 2. The molecule has 0 aliphatic rings. The molecule has 0 aliphatic heterocycles. The third-order valence-corrected chi connectivity index (χ3v) is 2.75. The van der Waals surface area contributed by atoms with Crippen LogP contribution in [-0.2, 0) is 0 Å². The highest BCUT2D eigenvalue weighted by Crippen LogP contribution is 2.13. The SMILES string of the molecule is Nc1ccc(OCC#CC#CC#CCOc2ccc(N)cc2)cc1. The maximum Gasteiger partial charge on any atom is 0.150 e. The molecule has 0 saturated carbocycles. The predicted octanol–water partition coefficient (Wildman–Crippen LogP) is 2.32. The van der Waals surface area contributed by atoms with Crippen LogP contribution in [0.1, 0.15) is 0 Å². The van der Waals surface area contributed by atoms with Crippen molar-refractivity contribution < 1.29 is 9.47 Å². The molecular weight excluding hydrogens is 300 g/mol. The van der Waals surface area contributed by atoms with Crippen molar-refractivity contribution in [3.63, 3.8) is 0 Å². The number of nitrogens with two attached hydrogens (primary N) is 2. The van der Waals surface area contributed by atoms with Crippen molar-refractivity contribution >= 4 is 11.4 Å². The summed E-state index contributed by atoms with van der Waals surface area (Å²) in [6.07, 6.45) is 0. The Labute approximate surface area is 141 Å². The average molecular weight is 316 g/mol. The van der Waals surface area contributed by atoms with Gasteiger partial charge in [0, 0.05) is 11.4 Å². The number of hydrogen-bond acceptors (Lipinski definition) is 4. The molecule has 118 valence electrons. The average Bonchev–Trinajstić information content (AvgIpc) is 2.60. The van der Waals surface area contributed by atoms with Crippen LogP contribution in [0.25, 0.3) is 0 Å². The van der Waals surface area contributed by atoms with Crippen molar-refractivity contribution in [2.75, 3.05) is 24.7 Å². The molecule has 0 fully saturated rings. The van der Waals surface area contributed by atoms with Crippen molar-refractivity contribution in [1.29, 1.82) is 0 Å². The summed E-state index contributed by atoms with van der Waals surface area (Å²) in [5.74, 6) is 17.6. The first kappa shape index (κ1) is 16.7. The van der Waals surface area contributed by atoms with Crippen LogP contribution in [0.3, 0.4) is 0 Å². The van der Waals surface area contributed by atoms with Gasteiger partial charge in [-0.2, -0.15) is 0 Å². The fourth-order valence-corrected chi connectivity index (χ4v) is 1.59. The number of ether oxygens (including phenoxy) is 2. The summed E-state index contributed by atoms with van der Waals surface area (Å²) in [6.45, 7) is 0.512. The Balaban J connectivity index is 1.67. The van der Waals surface area contributed by atoms with E-state index in [1.807, 2.05) is 0 Å². The summed E-state index contributed by atoms with van der Waals surface area (Å²) in [5, 5.41) is 0. The van der Waals surface area contributed by atoms with E-state index in [1.54, 1.807) is 48.5 Å². The first-order valence-corrected chi connectivity index (χ1v) is 7.16. The topological polar surface area (TPSA) is 70.5 Å². The van der Waals surface area contributed by atoms with Gasteiger partial charge in [0.25, 0.3) is 0 Å². The van der Waals surface area contributed by atoms with E-state index in [0.29, 0.717) is 22.9 Å². The van der Waals surface area contributed by atoms with Gasteiger partial charge in [-0.15, -0.1) is 0 Å². The minimum Gasteiger partial charge on any atom is -0.481 e. The summed E-state index contributed by atoms with van der Waals surface area (Å²) < 4.78 is 10.8. The van der Waals surface area contributed by atoms with Gasteiger partial charge in [0.1, 0.15) is 24.7 Å². The molecule has 0 amide bonds. The highest BCUT2D eigenvalue weighted by atomic mass is 16.5. The third-order valence-electron chi connectivity index (χ3n) is 2.75. The standard InChI is InChI=1S/C20H16N2O2/c21-17-7-11-19(12-8-17)23-15-5-3-1-2-4-6-16-24-20-13-9-18(22)10-14-20/h7-14H,15-16,21-22H2. The van der Waals surface area contributed by atoms with E-state index in [9.17, 15) is 0 Å². The normalized spacial score (nSPS) is 8.50. The lowest BCUT2D eigenvalue weighted by Crippen LogP contribution is -1.94. The second-order valence-electron chi connectivity index (χ2n) is 4.57. The molecule has 0 heterocycles. The highest BCUT2D eigenvalue weighted by Gasteiger charge is 1.90. The lowest BCUT2D eigenvalue weighted by atomic mass is 10.3. The van der Waals surface area contributed by atoms with Crippen molar-refractivity contribution in [2.24, 2.45) is 0 Å². The zero-order valence-electron chi connectivity index (χ0n) is 13.0. The molecule has 4 nitrogen and oxygen atoms in total. The molecule has 0 saturated heterocycles. The molecule has 2 aromatic rings. The van der Waals surface area contributed by atoms with Gasteiger partial charge in [-0.25, -0.2) is 0 Å². The number of rotatable bonds is 4. The molecule has 2 rings (SSSR count). The largest absolute Gasteiger partial charge is 0.481 e. The summed E-state index contributed by atoms with van der Waals surface area (Å²) in [4.78, 5) is 0. The van der Waals surface area contributed by atoms with Crippen LogP contribution in [0.2, 0.25) is 0 Å². The van der Waals surface area contributed by atoms with Crippen LogP contribution in [0.15, 0.2) is 48.5 Å². The van der Waals surface area contributed by atoms with Crippen molar-refractivity contribution in [3.05, 3.63) is 48.5 Å². The fraction of sp³-hybridized carbons (Fsp3) is 0.100. The van der Waals surface area contributed by atoms with Crippen LogP contribution in [-0.4, -0.2) is 13.2 Å². The Bertz CT molecular complexity index is 765. The molecule has 0 bridgehead atoms. The van der Waals surface area contributed by atoms with Gasteiger partial charge in [0.05, 0.1) is 0 Å². The second kappa shape index (κ2) is 9.36. The second-order valence-corrected chi connectivity index (χ2v) is 4.57. The lowest BCUT2D eigenvalue weighted by molar-refractivity contribution is 0.370. The molecular formula is C20H16N2O2. The number of nitrogen functional groups attached to an aromatic ring is 2. The van der Waals surface area contributed by atoms with E-state index in [0.717, 1.165) is 0 Å². The Kier molecular flexibility index (Phi) is 6.51. The monoisotopic (exact) mass is 316 g/mol. The maximum atomic E-state index is 5.58. The van der Waals surface area contributed by atoms with Crippen molar-refractivity contribution in [1.82, 2.24) is 0 Å². The molecule has 0 radical (unpaired) electrons. The van der Waals surface area contributed by atoms with Gasteiger partial charge in [-0.1, -0.05) is 0 Å². The van der Waals surface area contributed by atoms with Crippen molar-refractivity contribution in [2.45, 2.75) is 0 Å². The van der Waals surface area contributed by atoms with Crippen LogP contribution >= 0.6 is 0 Å². The number of anilines is 2. The van der Waals surface area contributed by atoms with E-state index < -0.39 is 0 Å². The molecule has 0 unspecified atom stereocenters. The van der Waals surface area contributed by atoms with E-state index in [4.69, 9.17) is 20.9 Å². The van der Waals surface area contributed by atoms with E-state index in [1.165, 1.54) is 0 Å². The third kappa shape index (κ3) is 6.39. The lowest BCUT2D eigenvalue weighted by Gasteiger charge is -2.00. The van der Waals surface area contributed by atoms with E-state index >= 15 is 0 Å². The zero-order chi connectivity index (χ0) is 17.0. The Morgan fingerprint density at radius 1 is 0.583 bits per heavy atom. The van der Waals surface area contributed by atoms with Gasteiger partial charge >= 0.3 is 0 Å². The van der Waals surface area contributed by atoms with Gasteiger partial charge in [-0.3, -0.25) is 0 Å². The van der Waals surface area contributed by atoms with Crippen molar-refractivity contribution in [3.8, 4) is 47.0 Å². The van der Waals surface area contributed by atoms with Crippen LogP contribution in [0.5, 0.6) is 11.5 Å². The minimum atomic E-state index is 0.256. The Morgan fingerprint density at radius 3 is 1.33 bits per heavy atom. The van der Waals surface area contributed by atoms with E-state index in [-0.39, 0.29) is 13.2 Å². The van der Waals surface area contributed by atoms with Crippen LogP contribution in [0, 0.1) is 35.5 Å². The summed E-state index contributed by atoms with van der Waals surface area (Å²) in [7, 11) is 0. The smallest absolute Gasteiger partial charge is 0.150 e. The van der Waals surface area contributed by atoms with Gasteiger partial charge in [0.15, 0.2) is 0 Å². The quantitative estimate of drug-likeness (QED) is 0.671. The maximum absolute atomic E-state index is 5.58. The van der Waals surface area contributed by atoms with E-state index in [2.05, 4.69) is 35.5 Å². The molecule has 0 aliphatic carbocycles. The number of benzene rings is 2. The summed E-state index contributed by atoms with van der Waals surface area (Å²) in [5.41, 5.74) is 12.5. The molecule has 24 heavy (non-hydrogen) atoms. The first-order valence-electron chi connectivity index (χ1n) is 7.16. The fourth-order valence-electron chi connectivity index (χ4n) is 1.59. The first-order chi connectivity index (χ1) is 11.7. The molecule has 2 aromatic carbocycles. The van der Waals surface area contributed by atoms with Gasteiger partial charge < -0.3 is 20.9 Å². The van der Waals surface area contributed by atoms with Gasteiger partial charge in [-0.05, 0) is 84.1 Å². The molecule has 4 heteroatoms. The minimum absolute atomic E-state index is 0.256. The molecule has 4 N–H and O–H groups in total. The van der Waals surface area contributed by atoms with Gasteiger partial charge in [0.2, 0.25) is 0 Å². The summed E-state index contributed by atoms with van der Waals surface area (Å²) >= 11 is 0. The molecule has 0 spiro atoms. The van der Waals surface area contributed by atoms with Crippen LogP contribution in [0.4, 0.5) is 11.4 Å². The molecule has 0 aromatic heterocycles. The summed E-state index contributed by atoms with van der Waals surface area (Å²) in [6, 6.07) is 14.2. The Morgan fingerprint density at radius 2 is 0.958 bits per heavy atom. The zero-order valence-corrected chi connectivity index (χ0v) is 13.0. The predicted molar refractivity (Wildman–Crippen MR) is 96.0 cm³/mol.